The van der Waals surface area contributed by atoms with Crippen LogP contribution in [0.1, 0.15) is 83.9 Å². The zero-order valence-electron chi connectivity index (χ0n) is 17.3. The summed E-state index contributed by atoms with van der Waals surface area (Å²) in [6.07, 6.45) is 5.31. The molecular weight excluding hydrogens is 344 g/mol. The second-order valence-corrected chi connectivity index (χ2v) is 10.2. The molecule has 0 spiro atoms. The lowest BCUT2D eigenvalue weighted by molar-refractivity contribution is 0.468. The van der Waals surface area contributed by atoms with Gasteiger partial charge in [0.1, 0.15) is 5.25 Å². The van der Waals surface area contributed by atoms with Crippen LogP contribution < -0.4 is 0 Å². The Kier molecular flexibility index (Phi) is 7.67. The first-order chi connectivity index (χ1) is 11.9. The van der Waals surface area contributed by atoms with E-state index >= 15 is 0 Å². The van der Waals surface area contributed by atoms with E-state index in [-0.39, 0.29) is 10.8 Å². The molecular formula is C22H36O3S. The minimum atomic E-state index is -4.06. The van der Waals surface area contributed by atoms with Crippen LogP contribution in [0.15, 0.2) is 30.9 Å². The number of hydrogen-bond acceptors (Lipinski definition) is 2. The second kappa shape index (κ2) is 8.71. The molecule has 0 heterocycles. The highest BCUT2D eigenvalue weighted by molar-refractivity contribution is 7.86. The van der Waals surface area contributed by atoms with Crippen molar-refractivity contribution in [2.75, 3.05) is 0 Å². The van der Waals surface area contributed by atoms with Crippen LogP contribution in [0.4, 0.5) is 0 Å². The molecule has 0 aliphatic carbocycles. The van der Waals surface area contributed by atoms with Crippen LogP contribution in [0.25, 0.3) is 0 Å². The van der Waals surface area contributed by atoms with Crippen molar-refractivity contribution in [3.63, 3.8) is 0 Å². The van der Waals surface area contributed by atoms with Gasteiger partial charge >= 0.3 is 0 Å². The molecule has 148 valence electrons. The fraction of sp³-hybridized carbons (Fsp3) is 0.636. The number of benzene rings is 1. The minimum absolute atomic E-state index is 0.0655. The summed E-state index contributed by atoms with van der Waals surface area (Å²) in [4.78, 5) is 0. The van der Waals surface area contributed by atoms with Crippen LogP contribution in [0.3, 0.4) is 0 Å². The summed E-state index contributed by atoms with van der Waals surface area (Å²) in [5.41, 5.74) is 4.17. The van der Waals surface area contributed by atoms with E-state index in [4.69, 9.17) is 0 Å². The molecule has 0 radical (unpaired) electrons. The minimum Gasteiger partial charge on any atom is -0.285 e. The van der Waals surface area contributed by atoms with Crippen LogP contribution in [-0.4, -0.2) is 18.2 Å². The maximum atomic E-state index is 11.3. The lowest BCUT2D eigenvalue weighted by Crippen LogP contribution is -2.22. The molecule has 3 nitrogen and oxygen atoms in total. The molecule has 0 saturated heterocycles. The number of hydrogen-bond donors (Lipinski definition) is 1. The monoisotopic (exact) mass is 380 g/mol. The normalized spacial score (nSPS) is 14.3. The van der Waals surface area contributed by atoms with E-state index in [1.54, 1.807) is 0 Å². The van der Waals surface area contributed by atoms with Gasteiger partial charge in [0.15, 0.2) is 0 Å². The number of aryl methyl sites for hydroxylation is 1. The molecule has 1 atom stereocenters. The molecule has 0 amide bonds. The van der Waals surface area contributed by atoms with Crippen molar-refractivity contribution in [2.24, 2.45) is 0 Å². The van der Waals surface area contributed by atoms with E-state index in [9.17, 15) is 13.0 Å². The van der Waals surface area contributed by atoms with Gasteiger partial charge in [-0.3, -0.25) is 4.55 Å². The molecule has 0 fully saturated rings. The van der Waals surface area contributed by atoms with Gasteiger partial charge in [0, 0.05) is 0 Å². The maximum absolute atomic E-state index is 11.3. The molecule has 0 bridgehead atoms. The Morgan fingerprint density at radius 3 is 2.15 bits per heavy atom. The largest absolute Gasteiger partial charge is 0.285 e. The molecule has 1 aromatic rings. The van der Waals surface area contributed by atoms with Crippen molar-refractivity contribution in [3.8, 4) is 0 Å². The zero-order chi connectivity index (χ0) is 20.2. The second-order valence-electron chi connectivity index (χ2n) is 8.53. The summed E-state index contributed by atoms with van der Waals surface area (Å²) in [5, 5.41) is -0.886. The summed E-state index contributed by atoms with van der Waals surface area (Å²) in [6.45, 7) is 17.0. The third-order valence-corrected chi connectivity index (χ3v) is 7.16. The van der Waals surface area contributed by atoms with Crippen molar-refractivity contribution < 1.29 is 13.0 Å². The van der Waals surface area contributed by atoms with E-state index < -0.39 is 15.4 Å². The predicted molar refractivity (Wildman–Crippen MR) is 112 cm³/mol. The molecule has 0 aliphatic heterocycles. The fourth-order valence-electron chi connectivity index (χ4n) is 3.12. The van der Waals surface area contributed by atoms with Gasteiger partial charge < -0.3 is 0 Å². The molecule has 26 heavy (non-hydrogen) atoms. The first kappa shape index (κ1) is 22.9. The first-order valence-corrected chi connectivity index (χ1v) is 11.1. The molecule has 0 aromatic heterocycles. The van der Waals surface area contributed by atoms with Gasteiger partial charge in [0.2, 0.25) is 0 Å². The lowest BCUT2D eigenvalue weighted by atomic mass is 9.74. The van der Waals surface area contributed by atoms with Crippen LogP contribution in [0.5, 0.6) is 0 Å². The van der Waals surface area contributed by atoms with E-state index in [2.05, 4.69) is 66.3 Å². The molecule has 1 rings (SSSR count). The van der Waals surface area contributed by atoms with E-state index in [0.29, 0.717) is 12.8 Å². The molecule has 1 unspecified atom stereocenters. The number of rotatable bonds is 10. The van der Waals surface area contributed by atoms with Gasteiger partial charge in [-0.15, -0.1) is 6.58 Å². The van der Waals surface area contributed by atoms with Gasteiger partial charge in [-0.25, -0.2) is 0 Å². The Balaban J connectivity index is 3.13. The van der Waals surface area contributed by atoms with Gasteiger partial charge in [-0.05, 0) is 59.6 Å². The first-order valence-electron chi connectivity index (χ1n) is 9.61. The molecule has 0 saturated carbocycles. The van der Waals surface area contributed by atoms with Crippen molar-refractivity contribution in [1.82, 2.24) is 0 Å². The highest BCUT2D eigenvalue weighted by Crippen LogP contribution is 2.35. The van der Waals surface area contributed by atoms with Crippen molar-refractivity contribution in [3.05, 3.63) is 47.5 Å². The molecule has 4 heteroatoms. The predicted octanol–water partition coefficient (Wildman–Crippen LogP) is 5.83. The van der Waals surface area contributed by atoms with E-state index in [1.807, 2.05) is 0 Å². The summed E-state index contributed by atoms with van der Waals surface area (Å²) in [7, 11) is -4.06. The lowest BCUT2D eigenvalue weighted by Gasteiger charge is -2.31. The average molecular weight is 381 g/mol. The van der Waals surface area contributed by atoms with E-state index in [1.165, 1.54) is 22.8 Å². The van der Waals surface area contributed by atoms with Gasteiger partial charge in [-0.1, -0.05) is 65.8 Å². The smallest absolute Gasteiger partial charge is 0.271 e. The Hall–Kier alpha value is -1.13. The van der Waals surface area contributed by atoms with Crippen LogP contribution >= 0.6 is 0 Å². The van der Waals surface area contributed by atoms with Crippen molar-refractivity contribution in [1.29, 1.82) is 0 Å². The molecule has 1 aromatic carbocycles. The Morgan fingerprint density at radius 1 is 1.12 bits per heavy atom. The highest BCUT2D eigenvalue weighted by atomic mass is 32.2. The average Bonchev–Trinajstić information content (AvgIpc) is 2.57. The van der Waals surface area contributed by atoms with Gasteiger partial charge in [-0.2, -0.15) is 8.42 Å². The Labute approximate surface area is 160 Å². The SMILES string of the molecule is C=CC(CCCc1ccc(C(C)(C)CC)cc1C(C)(C)CC)S(=O)(=O)O. The maximum Gasteiger partial charge on any atom is 0.271 e. The quantitative estimate of drug-likeness (QED) is 0.410. The topological polar surface area (TPSA) is 54.4 Å². The van der Waals surface area contributed by atoms with Gasteiger partial charge in [0.25, 0.3) is 10.1 Å². The summed E-state index contributed by atoms with van der Waals surface area (Å²) < 4.78 is 32.0. The van der Waals surface area contributed by atoms with Crippen molar-refractivity contribution in [2.45, 2.75) is 89.7 Å². The van der Waals surface area contributed by atoms with Crippen molar-refractivity contribution >= 4 is 10.1 Å². The summed E-state index contributed by atoms with van der Waals surface area (Å²) in [5.74, 6) is 0. The molecule has 0 aliphatic rings. The summed E-state index contributed by atoms with van der Waals surface area (Å²) in [6, 6.07) is 6.76. The third kappa shape index (κ3) is 5.68. The van der Waals surface area contributed by atoms with E-state index in [0.717, 1.165) is 19.3 Å². The fourth-order valence-corrected chi connectivity index (χ4v) is 3.83. The zero-order valence-corrected chi connectivity index (χ0v) is 18.1. The third-order valence-electron chi connectivity index (χ3n) is 5.97. The highest BCUT2D eigenvalue weighted by Gasteiger charge is 2.26. The van der Waals surface area contributed by atoms with Crippen LogP contribution in [-0.2, 0) is 27.4 Å². The van der Waals surface area contributed by atoms with Crippen LogP contribution in [0.2, 0.25) is 0 Å². The van der Waals surface area contributed by atoms with Crippen LogP contribution in [0, 0.1) is 0 Å². The Morgan fingerprint density at radius 2 is 1.69 bits per heavy atom. The Bertz CT molecular complexity index is 715. The molecule has 1 N–H and O–H groups in total. The van der Waals surface area contributed by atoms with Gasteiger partial charge in [0.05, 0.1) is 0 Å². The summed E-state index contributed by atoms with van der Waals surface area (Å²) >= 11 is 0. The standard InChI is InChI=1S/C22H36O3S/c1-8-19(26(23,24)25)13-11-12-17-14-15-18(21(4,5)9-2)16-20(17)22(6,7)10-3/h8,14-16,19H,1,9-13H2,2-7H3,(H,23,24,25).